The lowest BCUT2D eigenvalue weighted by atomic mass is 9.78. The number of fused-ring (bicyclic) bond motifs is 1. The summed E-state index contributed by atoms with van der Waals surface area (Å²) in [6.45, 7) is 1.98. The number of rotatable bonds is 3. The summed E-state index contributed by atoms with van der Waals surface area (Å²) in [5.74, 6) is 0.508. The monoisotopic (exact) mass is 358 g/mol. The fourth-order valence-electron chi connectivity index (χ4n) is 3.80. The van der Waals surface area contributed by atoms with Crippen LogP contribution in [0.4, 0.5) is 5.69 Å². The Morgan fingerprint density at radius 3 is 2.22 bits per heavy atom. The van der Waals surface area contributed by atoms with Gasteiger partial charge in [0.05, 0.1) is 29.2 Å². The van der Waals surface area contributed by atoms with Crippen molar-refractivity contribution in [3.8, 4) is 17.6 Å². The number of amides is 2. The molecule has 3 atom stereocenters. The van der Waals surface area contributed by atoms with Crippen LogP contribution in [0.3, 0.4) is 0 Å². The van der Waals surface area contributed by atoms with Gasteiger partial charge >= 0.3 is 0 Å². The van der Waals surface area contributed by atoms with Crippen molar-refractivity contribution in [3.05, 3.63) is 66.2 Å². The maximum absolute atomic E-state index is 12.8. The van der Waals surface area contributed by atoms with Crippen molar-refractivity contribution in [1.29, 1.82) is 5.26 Å². The van der Waals surface area contributed by atoms with Gasteiger partial charge in [0.25, 0.3) is 0 Å². The molecule has 2 amide bonds. The summed E-state index contributed by atoms with van der Waals surface area (Å²) in [5.41, 5.74) is 1.13. The van der Waals surface area contributed by atoms with Crippen LogP contribution in [0.25, 0.3) is 0 Å². The molecule has 0 saturated carbocycles. The molecule has 5 nitrogen and oxygen atoms in total. The van der Waals surface area contributed by atoms with E-state index in [2.05, 4.69) is 6.07 Å². The summed E-state index contributed by atoms with van der Waals surface area (Å²) >= 11 is 0. The van der Waals surface area contributed by atoms with E-state index in [1.54, 1.807) is 48.5 Å². The molecule has 1 saturated heterocycles. The number of imide groups is 1. The first kappa shape index (κ1) is 17.0. The summed E-state index contributed by atoms with van der Waals surface area (Å²) in [7, 11) is 0. The number of hydrogen-bond acceptors (Lipinski definition) is 4. The third-order valence-electron chi connectivity index (χ3n) is 5.19. The van der Waals surface area contributed by atoms with E-state index in [-0.39, 0.29) is 29.6 Å². The summed E-state index contributed by atoms with van der Waals surface area (Å²) in [4.78, 5) is 26.9. The van der Waals surface area contributed by atoms with Gasteiger partial charge in [-0.05, 0) is 60.9 Å². The van der Waals surface area contributed by atoms with Crippen LogP contribution in [0, 0.1) is 29.1 Å². The molecule has 4 rings (SSSR count). The molecule has 1 aliphatic carbocycles. The standard InChI is InChI=1S/C22H18N2O3/c1-14-3-2-4-19-20(14)22(26)24(21(19)25)16-7-11-18(12-8-16)27-17-9-5-15(13-23)6-10-17/h2-3,5-12,14,19-20H,4H2,1H3. The SMILES string of the molecule is CC1C=CCC2C(=O)N(c3ccc(Oc4ccc(C#N)cc4)cc3)C(=O)C12. The van der Waals surface area contributed by atoms with Crippen LogP contribution in [0.15, 0.2) is 60.7 Å². The average Bonchev–Trinajstić information content (AvgIpc) is 2.95. The first-order valence-electron chi connectivity index (χ1n) is 8.91. The molecule has 27 heavy (non-hydrogen) atoms. The van der Waals surface area contributed by atoms with Crippen molar-refractivity contribution in [1.82, 2.24) is 0 Å². The van der Waals surface area contributed by atoms with Crippen LogP contribution in [-0.2, 0) is 9.59 Å². The minimum Gasteiger partial charge on any atom is -0.457 e. The van der Waals surface area contributed by atoms with Crippen LogP contribution in [0.1, 0.15) is 18.9 Å². The Labute approximate surface area is 157 Å². The molecular weight excluding hydrogens is 340 g/mol. The molecular formula is C22H18N2O3. The number of carbonyl (C=O) groups excluding carboxylic acids is 2. The van der Waals surface area contributed by atoms with Crippen molar-refractivity contribution in [2.45, 2.75) is 13.3 Å². The highest BCUT2D eigenvalue weighted by molar-refractivity contribution is 6.22. The second kappa shape index (κ2) is 6.73. The molecule has 0 radical (unpaired) electrons. The summed E-state index contributed by atoms with van der Waals surface area (Å²) in [6.07, 6.45) is 4.63. The summed E-state index contributed by atoms with van der Waals surface area (Å²) in [6, 6.07) is 15.8. The van der Waals surface area contributed by atoms with Gasteiger partial charge in [-0.25, -0.2) is 0 Å². The molecule has 2 aromatic rings. The Morgan fingerprint density at radius 2 is 1.63 bits per heavy atom. The lowest BCUT2D eigenvalue weighted by molar-refractivity contribution is -0.122. The van der Waals surface area contributed by atoms with E-state index in [1.807, 2.05) is 19.1 Å². The van der Waals surface area contributed by atoms with Gasteiger partial charge in [0.2, 0.25) is 11.8 Å². The van der Waals surface area contributed by atoms with Gasteiger partial charge in [-0.3, -0.25) is 14.5 Å². The summed E-state index contributed by atoms with van der Waals surface area (Å²) in [5, 5.41) is 8.83. The number of hydrogen-bond donors (Lipinski definition) is 0. The van der Waals surface area contributed by atoms with Crippen LogP contribution < -0.4 is 9.64 Å². The number of anilines is 1. The number of ether oxygens (including phenoxy) is 1. The maximum atomic E-state index is 12.8. The normalized spacial score (nSPS) is 23.9. The van der Waals surface area contributed by atoms with E-state index in [0.29, 0.717) is 29.2 Å². The van der Waals surface area contributed by atoms with Gasteiger partial charge < -0.3 is 4.74 Å². The van der Waals surface area contributed by atoms with Gasteiger partial charge in [0.1, 0.15) is 11.5 Å². The van der Waals surface area contributed by atoms with E-state index in [0.717, 1.165) is 0 Å². The van der Waals surface area contributed by atoms with Crippen molar-refractivity contribution in [2.24, 2.45) is 17.8 Å². The molecule has 1 heterocycles. The van der Waals surface area contributed by atoms with Gasteiger partial charge in [-0.1, -0.05) is 19.1 Å². The first-order chi connectivity index (χ1) is 13.1. The lowest BCUT2D eigenvalue weighted by Crippen LogP contribution is -2.31. The Balaban J connectivity index is 1.53. The Kier molecular flexibility index (Phi) is 4.25. The van der Waals surface area contributed by atoms with Crippen LogP contribution in [0.2, 0.25) is 0 Å². The number of benzene rings is 2. The van der Waals surface area contributed by atoms with Gasteiger partial charge in [-0.15, -0.1) is 0 Å². The van der Waals surface area contributed by atoms with Crippen molar-refractivity contribution in [3.63, 3.8) is 0 Å². The fraction of sp³-hybridized carbons (Fsp3) is 0.227. The number of nitrogens with zero attached hydrogens (tertiary/aromatic N) is 2. The predicted octanol–water partition coefficient (Wildman–Crippen LogP) is 4.05. The molecule has 0 aromatic heterocycles. The van der Waals surface area contributed by atoms with Gasteiger partial charge in [0, 0.05) is 0 Å². The topological polar surface area (TPSA) is 70.4 Å². The quantitative estimate of drug-likeness (QED) is 0.613. The molecule has 0 bridgehead atoms. The van der Waals surface area contributed by atoms with Gasteiger partial charge in [-0.2, -0.15) is 5.26 Å². The average molecular weight is 358 g/mol. The van der Waals surface area contributed by atoms with E-state index in [9.17, 15) is 9.59 Å². The zero-order valence-corrected chi connectivity index (χ0v) is 14.8. The van der Waals surface area contributed by atoms with Crippen LogP contribution in [-0.4, -0.2) is 11.8 Å². The highest BCUT2D eigenvalue weighted by Gasteiger charge is 2.50. The van der Waals surface area contributed by atoms with E-state index in [4.69, 9.17) is 10.00 Å². The lowest BCUT2D eigenvalue weighted by Gasteiger charge is -2.22. The van der Waals surface area contributed by atoms with Crippen molar-refractivity contribution < 1.29 is 14.3 Å². The predicted molar refractivity (Wildman–Crippen MR) is 100 cm³/mol. The van der Waals surface area contributed by atoms with Gasteiger partial charge in [0.15, 0.2) is 0 Å². The van der Waals surface area contributed by atoms with Crippen LogP contribution >= 0.6 is 0 Å². The Bertz CT molecular complexity index is 955. The minimum atomic E-state index is -0.267. The molecule has 1 fully saturated rings. The minimum absolute atomic E-state index is 0.0733. The largest absolute Gasteiger partial charge is 0.457 e. The Morgan fingerprint density at radius 1 is 1.00 bits per heavy atom. The second-order valence-corrected chi connectivity index (χ2v) is 6.90. The highest BCUT2D eigenvalue weighted by Crippen LogP contribution is 2.40. The van der Waals surface area contributed by atoms with Crippen LogP contribution in [0.5, 0.6) is 11.5 Å². The Hall–Kier alpha value is -3.39. The van der Waals surface area contributed by atoms with Crippen molar-refractivity contribution >= 4 is 17.5 Å². The maximum Gasteiger partial charge on any atom is 0.238 e. The third kappa shape index (κ3) is 3.00. The number of nitriles is 1. The number of allylic oxidation sites excluding steroid dienone is 2. The molecule has 0 N–H and O–H groups in total. The third-order valence-corrected chi connectivity index (χ3v) is 5.19. The molecule has 2 aromatic carbocycles. The molecule has 1 aliphatic heterocycles. The molecule has 3 unspecified atom stereocenters. The summed E-state index contributed by atoms with van der Waals surface area (Å²) < 4.78 is 5.75. The molecule has 134 valence electrons. The molecule has 2 aliphatic rings. The fourth-order valence-corrected chi connectivity index (χ4v) is 3.80. The molecule has 0 spiro atoms. The highest BCUT2D eigenvalue weighted by atomic mass is 16.5. The van der Waals surface area contributed by atoms with E-state index < -0.39 is 0 Å². The number of carbonyl (C=O) groups is 2. The van der Waals surface area contributed by atoms with Crippen molar-refractivity contribution in [2.75, 3.05) is 4.90 Å². The zero-order chi connectivity index (χ0) is 19.0. The van der Waals surface area contributed by atoms with E-state index in [1.165, 1.54) is 4.90 Å². The second-order valence-electron chi connectivity index (χ2n) is 6.90. The zero-order valence-electron chi connectivity index (χ0n) is 14.8. The first-order valence-corrected chi connectivity index (χ1v) is 8.91. The van der Waals surface area contributed by atoms with E-state index >= 15 is 0 Å². The molecule has 5 heteroatoms. The smallest absolute Gasteiger partial charge is 0.238 e.